The number of carbonyl (C=O) groups is 1. The van der Waals surface area contributed by atoms with Crippen LogP contribution in [0.15, 0.2) is 12.1 Å². The molecule has 0 aliphatic carbocycles. The predicted octanol–water partition coefficient (Wildman–Crippen LogP) is 3.47. The topological polar surface area (TPSA) is 47.6 Å². The quantitative estimate of drug-likeness (QED) is 0.857. The lowest BCUT2D eigenvalue weighted by atomic mass is 10.2. The Morgan fingerprint density at radius 1 is 1.28 bits per heavy atom. The van der Waals surface area contributed by atoms with E-state index in [-0.39, 0.29) is 5.91 Å². The fraction of sp³-hybridized carbons (Fsp3) is 0.417. The van der Waals surface area contributed by atoms with E-state index in [1.807, 2.05) is 0 Å². The Labute approximate surface area is 120 Å². The third-order valence-electron chi connectivity index (χ3n) is 2.26. The maximum atomic E-state index is 11.9. The molecule has 0 bridgehead atoms. The first-order valence-corrected chi connectivity index (χ1v) is 6.38. The Kier molecular flexibility index (Phi) is 4.87. The van der Waals surface area contributed by atoms with Crippen molar-refractivity contribution in [1.82, 2.24) is 0 Å². The van der Waals surface area contributed by atoms with Crippen molar-refractivity contribution in [3.63, 3.8) is 0 Å². The summed E-state index contributed by atoms with van der Waals surface area (Å²) in [5.74, 6) is 0.760. The summed E-state index contributed by atoms with van der Waals surface area (Å²) in [6.07, 6.45) is 0. The molecule has 0 aliphatic heterocycles. The molecule has 6 heteroatoms. The van der Waals surface area contributed by atoms with Crippen molar-refractivity contribution in [2.75, 3.05) is 19.5 Å². The minimum Gasteiger partial charge on any atom is -0.495 e. The molecule has 0 aliphatic rings. The molecular weight excluding hydrogens is 321 g/mol. The van der Waals surface area contributed by atoms with Gasteiger partial charge in [0, 0.05) is 12.1 Å². The largest absolute Gasteiger partial charge is 0.495 e. The molecule has 0 unspecified atom stereocenters. The maximum absolute atomic E-state index is 11.9. The molecular formula is C12H15BrClNO3. The van der Waals surface area contributed by atoms with E-state index in [4.69, 9.17) is 21.1 Å². The Balaban J connectivity index is 3.11. The van der Waals surface area contributed by atoms with Crippen molar-refractivity contribution < 1.29 is 14.3 Å². The molecule has 1 N–H and O–H groups in total. The van der Waals surface area contributed by atoms with E-state index in [1.165, 1.54) is 14.2 Å². The summed E-state index contributed by atoms with van der Waals surface area (Å²) < 4.78 is 9.60. The molecule has 0 atom stereocenters. The molecule has 0 spiro atoms. The third-order valence-corrected chi connectivity index (χ3v) is 2.92. The van der Waals surface area contributed by atoms with Crippen molar-refractivity contribution in [2.24, 2.45) is 0 Å². The van der Waals surface area contributed by atoms with Gasteiger partial charge in [0.2, 0.25) is 5.91 Å². The SMILES string of the molecule is COc1cc(NC(=O)C(C)(C)Br)c(OC)cc1Cl. The molecule has 0 aromatic heterocycles. The van der Waals surface area contributed by atoms with Crippen LogP contribution < -0.4 is 14.8 Å². The predicted molar refractivity (Wildman–Crippen MR) is 76.2 cm³/mol. The van der Waals surface area contributed by atoms with Gasteiger partial charge in [-0.15, -0.1) is 0 Å². The molecule has 1 rings (SSSR count). The van der Waals surface area contributed by atoms with Gasteiger partial charge >= 0.3 is 0 Å². The van der Waals surface area contributed by atoms with Gasteiger partial charge in [0.05, 0.1) is 29.3 Å². The van der Waals surface area contributed by atoms with Crippen LogP contribution in [-0.2, 0) is 4.79 Å². The molecule has 0 saturated heterocycles. The summed E-state index contributed by atoms with van der Waals surface area (Å²) in [7, 11) is 3.01. The Morgan fingerprint density at radius 3 is 2.28 bits per heavy atom. The fourth-order valence-electron chi connectivity index (χ4n) is 1.23. The number of rotatable bonds is 4. The minimum absolute atomic E-state index is 0.190. The van der Waals surface area contributed by atoms with Crippen molar-refractivity contribution in [2.45, 2.75) is 18.2 Å². The van der Waals surface area contributed by atoms with Crippen LogP contribution in [0.25, 0.3) is 0 Å². The van der Waals surface area contributed by atoms with Crippen molar-refractivity contribution in [3.8, 4) is 11.5 Å². The zero-order valence-electron chi connectivity index (χ0n) is 10.6. The van der Waals surface area contributed by atoms with Gasteiger partial charge in [0.25, 0.3) is 0 Å². The minimum atomic E-state index is -0.676. The number of halogens is 2. The number of hydrogen-bond acceptors (Lipinski definition) is 3. The smallest absolute Gasteiger partial charge is 0.240 e. The Bertz CT molecular complexity index is 457. The highest BCUT2D eigenvalue weighted by molar-refractivity contribution is 9.10. The second kappa shape index (κ2) is 5.80. The second-order valence-electron chi connectivity index (χ2n) is 4.11. The van der Waals surface area contributed by atoms with E-state index in [0.29, 0.717) is 22.2 Å². The normalized spacial score (nSPS) is 11.0. The average Bonchev–Trinajstić information content (AvgIpc) is 2.29. The van der Waals surface area contributed by atoms with Gasteiger partial charge in [0.1, 0.15) is 11.5 Å². The molecule has 1 aromatic carbocycles. The second-order valence-corrected chi connectivity index (χ2v) is 6.50. The van der Waals surface area contributed by atoms with Crippen molar-refractivity contribution in [1.29, 1.82) is 0 Å². The van der Waals surface area contributed by atoms with Gasteiger partial charge in [-0.05, 0) is 13.8 Å². The number of carbonyl (C=O) groups excluding carboxylic acids is 1. The number of amides is 1. The van der Waals surface area contributed by atoms with Crippen LogP contribution in [-0.4, -0.2) is 24.5 Å². The van der Waals surface area contributed by atoms with Gasteiger partial charge in [-0.1, -0.05) is 27.5 Å². The number of anilines is 1. The lowest BCUT2D eigenvalue weighted by molar-refractivity contribution is -0.117. The highest BCUT2D eigenvalue weighted by Gasteiger charge is 2.25. The van der Waals surface area contributed by atoms with Crippen LogP contribution in [0.2, 0.25) is 5.02 Å². The van der Waals surface area contributed by atoms with Crippen LogP contribution in [0.1, 0.15) is 13.8 Å². The number of ether oxygens (including phenoxy) is 2. The number of alkyl halides is 1. The average molecular weight is 337 g/mol. The van der Waals surface area contributed by atoms with Gasteiger partial charge in [-0.25, -0.2) is 0 Å². The summed E-state index contributed by atoms with van der Waals surface area (Å²) in [6, 6.07) is 3.22. The lowest BCUT2D eigenvalue weighted by Gasteiger charge is -2.18. The van der Waals surface area contributed by atoms with E-state index in [1.54, 1.807) is 26.0 Å². The standard InChI is InChI=1S/C12H15BrClNO3/c1-12(2,13)11(16)15-8-6-9(17-3)7(14)5-10(8)18-4/h5-6H,1-4H3,(H,15,16). The first-order valence-electron chi connectivity index (χ1n) is 5.21. The molecule has 1 amide bonds. The molecule has 4 nitrogen and oxygen atoms in total. The van der Waals surface area contributed by atoms with E-state index in [9.17, 15) is 4.79 Å². The first-order chi connectivity index (χ1) is 8.29. The molecule has 0 radical (unpaired) electrons. The molecule has 0 fully saturated rings. The third kappa shape index (κ3) is 3.53. The number of hydrogen-bond donors (Lipinski definition) is 1. The van der Waals surface area contributed by atoms with E-state index < -0.39 is 4.32 Å². The highest BCUT2D eigenvalue weighted by Crippen LogP contribution is 2.36. The van der Waals surface area contributed by atoms with Gasteiger partial charge in [-0.3, -0.25) is 4.79 Å². The summed E-state index contributed by atoms with van der Waals surface area (Å²) in [4.78, 5) is 11.9. The zero-order valence-corrected chi connectivity index (χ0v) is 13.0. The molecule has 18 heavy (non-hydrogen) atoms. The zero-order chi connectivity index (χ0) is 13.9. The van der Waals surface area contributed by atoms with Gasteiger partial charge in [-0.2, -0.15) is 0 Å². The monoisotopic (exact) mass is 335 g/mol. The number of methoxy groups -OCH3 is 2. The molecule has 100 valence electrons. The Morgan fingerprint density at radius 2 is 1.83 bits per heavy atom. The lowest BCUT2D eigenvalue weighted by Crippen LogP contribution is -2.31. The molecule has 1 aromatic rings. The van der Waals surface area contributed by atoms with Gasteiger partial charge in [0.15, 0.2) is 0 Å². The first kappa shape index (κ1) is 15.1. The molecule has 0 saturated carbocycles. The van der Waals surface area contributed by atoms with Crippen LogP contribution in [0.4, 0.5) is 5.69 Å². The van der Waals surface area contributed by atoms with Crippen molar-refractivity contribution in [3.05, 3.63) is 17.2 Å². The van der Waals surface area contributed by atoms with E-state index in [2.05, 4.69) is 21.2 Å². The summed E-state index contributed by atoms with van der Waals surface area (Å²) in [5.41, 5.74) is 0.510. The number of nitrogens with one attached hydrogen (secondary N) is 1. The highest BCUT2D eigenvalue weighted by atomic mass is 79.9. The summed E-state index contributed by atoms with van der Waals surface area (Å²) in [6.45, 7) is 3.50. The Hall–Kier alpha value is -0.940. The van der Waals surface area contributed by atoms with Crippen LogP contribution >= 0.6 is 27.5 Å². The van der Waals surface area contributed by atoms with Crippen LogP contribution in [0.3, 0.4) is 0 Å². The van der Waals surface area contributed by atoms with Crippen molar-refractivity contribution >= 4 is 39.1 Å². The van der Waals surface area contributed by atoms with Crippen LogP contribution in [0.5, 0.6) is 11.5 Å². The van der Waals surface area contributed by atoms with Gasteiger partial charge < -0.3 is 14.8 Å². The fourth-order valence-corrected chi connectivity index (χ4v) is 1.56. The molecule has 0 heterocycles. The summed E-state index contributed by atoms with van der Waals surface area (Å²) >= 11 is 9.27. The number of benzene rings is 1. The summed E-state index contributed by atoms with van der Waals surface area (Å²) in [5, 5.41) is 3.18. The van der Waals surface area contributed by atoms with Crippen LogP contribution in [0, 0.1) is 0 Å². The van der Waals surface area contributed by atoms with E-state index in [0.717, 1.165) is 0 Å². The van der Waals surface area contributed by atoms with E-state index >= 15 is 0 Å². The maximum Gasteiger partial charge on any atom is 0.240 e.